The molecule has 0 spiro atoms. The molecular formula is C16H25N3O3. The van der Waals surface area contributed by atoms with Gasteiger partial charge in [-0.15, -0.1) is 0 Å². The lowest BCUT2D eigenvalue weighted by Gasteiger charge is -2.35. The summed E-state index contributed by atoms with van der Waals surface area (Å²) >= 11 is 0. The van der Waals surface area contributed by atoms with Crippen LogP contribution in [-0.2, 0) is 11.3 Å². The maximum Gasteiger partial charge on any atom is 0.306 e. The third-order valence-electron chi connectivity index (χ3n) is 4.54. The molecule has 1 saturated heterocycles. The van der Waals surface area contributed by atoms with E-state index in [0.717, 1.165) is 24.4 Å². The maximum absolute atomic E-state index is 12.8. The fraction of sp³-hybridized carbons (Fsp3) is 0.688. The highest BCUT2D eigenvalue weighted by Crippen LogP contribution is 2.26. The summed E-state index contributed by atoms with van der Waals surface area (Å²) in [4.78, 5) is 25.8. The van der Waals surface area contributed by atoms with Crippen molar-refractivity contribution in [2.24, 2.45) is 11.8 Å². The van der Waals surface area contributed by atoms with Gasteiger partial charge in [0.25, 0.3) is 5.91 Å². The SMILES string of the molecule is CCCn1nc(C)c(C(=O)N2CCC(C(=O)O)C(C)C2)c1C. The van der Waals surface area contributed by atoms with Crippen LogP contribution in [0.1, 0.15) is 48.4 Å². The molecule has 1 aromatic heterocycles. The van der Waals surface area contributed by atoms with Gasteiger partial charge in [0.05, 0.1) is 17.2 Å². The Bertz CT molecular complexity index is 579. The highest BCUT2D eigenvalue weighted by Gasteiger charge is 2.34. The number of carboxylic acids is 1. The average Bonchev–Trinajstić information content (AvgIpc) is 2.72. The minimum Gasteiger partial charge on any atom is -0.481 e. The second-order valence-corrected chi connectivity index (χ2v) is 6.23. The van der Waals surface area contributed by atoms with Crippen molar-refractivity contribution < 1.29 is 14.7 Å². The Morgan fingerprint density at radius 1 is 1.36 bits per heavy atom. The van der Waals surface area contributed by atoms with Crippen LogP contribution in [0.5, 0.6) is 0 Å². The number of carboxylic acid groups (broad SMARTS) is 1. The number of hydrogen-bond donors (Lipinski definition) is 1. The van der Waals surface area contributed by atoms with Crippen molar-refractivity contribution in [3.8, 4) is 0 Å². The molecule has 2 rings (SSSR count). The minimum absolute atomic E-state index is 0.0203. The Morgan fingerprint density at radius 2 is 2.05 bits per heavy atom. The molecule has 22 heavy (non-hydrogen) atoms. The average molecular weight is 307 g/mol. The van der Waals surface area contributed by atoms with Crippen molar-refractivity contribution in [3.05, 3.63) is 17.0 Å². The highest BCUT2D eigenvalue weighted by atomic mass is 16.4. The van der Waals surface area contributed by atoms with Gasteiger partial charge < -0.3 is 10.0 Å². The first-order chi connectivity index (χ1) is 10.4. The summed E-state index contributed by atoms with van der Waals surface area (Å²) in [6.45, 7) is 9.56. The molecule has 0 aliphatic carbocycles. The predicted octanol–water partition coefficient (Wildman–Crippen LogP) is 2.09. The summed E-state index contributed by atoms with van der Waals surface area (Å²) in [6, 6.07) is 0. The molecule has 1 aliphatic rings. The van der Waals surface area contributed by atoms with Crippen molar-refractivity contribution in [2.75, 3.05) is 13.1 Å². The number of amides is 1. The lowest BCUT2D eigenvalue weighted by molar-refractivity contribution is -0.145. The standard InChI is InChI=1S/C16H25N3O3/c1-5-7-19-12(4)14(11(3)17-19)15(20)18-8-6-13(16(21)22)10(2)9-18/h10,13H,5-9H2,1-4H3,(H,21,22). The Labute approximate surface area is 131 Å². The van der Waals surface area contributed by atoms with Crippen LogP contribution in [0.15, 0.2) is 0 Å². The number of carbonyl (C=O) groups is 2. The molecule has 1 aromatic rings. The van der Waals surface area contributed by atoms with Crippen molar-refractivity contribution in [3.63, 3.8) is 0 Å². The number of likely N-dealkylation sites (tertiary alicyclic amines) is 1. The van der Waals surface area contributed by atoms with Crippen LogP contribution in [-0.4, -0.2) is 44.8 Å². The Balaban J connectivity index is 2.18. The van der Waals surface area contributed by atoms with Gasteiger partial charge in [0, 0.05) is 25.3 Å². The van der Waals surface area contributed by atoms with Crippen LogP contribution in [0.25, 0.3) is 0 Å². The molecule has 122 valence electrons. The van der Waals surface area contributed by atoms with Gasteiger partial charge in [0.1, 0.15) is 0 Å². The van der Waals surface area contributed by atoms with Gasteiger partial charge in [-0.1, -0.05) is 13.8 Å². The van der Waals surface area contributed by atoms with E-state index in [9.17, 15) is 14.7 Å². The van der Waals surface area contributed by atoms with Crippen LogP contribution in [0.3, 0.4) is 0 Å². The van der Waals surface area contributed by atoms with Gasteiger partial charge in [-0.3, -0.25) is 14.3 Å². The smallest absolute Gasteiger partial charge is 0.306 e. The molecular weight excluding hydrogens is 282 g/mol. The molecule has 1 aliphatic heterocycles. The molecule has 2 heterocycles. The van der Waals surface area contributed by atoms with Gasteiger partial charge in [0.15, 0.2) is 0 Å². The van der Waals surface area contributed by atoms with Crippen LogP contribution >= 0.6 is 0 Å². The molecule has 2 unspecified atom stereocenters. The number of aryl methyl sites for hydroxylation is 2. The summed E-state index contributed by atoms with van der Waals surface area (Å²) in [5, 5.41) is 13.6. The molecule has 6 heteroatoms. The molecule has 0 aromatic carbocycles. The zero-order valence-electron chi connectivity index (χ0n) is 13.8. The zero-order valence-corrected chi connectivity index (χ0v) is 13.8. The van der Waals surface area contributed by atoms with E-state index in [1.165, 1.54) is 0 Å². The lowest BCUT2D eigenvalue weighted by Crippen LogP contribution is -2.45. The highest BCUT2D eigenvalue weighted by molar-refractivity contribution is 5.96. The van der Waals surface area contributed by atoms with Crippen molar-refractivity contribution in [1.29, 1.82) is 0 Å². The second kappa shape index (κ2) is 6.50. The predicted molar refractivity (Wildman–Crippen MR) is 82.8 cm³/mol. The van der Waals surface area contributed by atoms with Gasteiger partial charge in [0.2, 0.25) is 0 Å². The number of piperidine rings is 1. The third-order valence-corrected chi connectivity index (χ3v) is 4.54. The summed E-state index contributed by atoms with van der Waals surface area (Å²) in [6.07, 6.45) is 1.49. The Hall–Kier alpha value is -1.85. The van der Waals surface area contributed by atoms with Crippen molar-refractivity contribution in [1.82, 2.24) is 14.7 Å². The molecule has 6 nitrogen and oxygen atoms in total. The van der Waals surface area contributed by atoms with E-state index in [0.29, 0.717) is 25.1 Å². The van der Waals surface area contributed by atoms with Gasteiger partial charge >= 0.3 is 5.97 Å². The molecule has 1 fully saturated rings. The van der Waals surface area contributed by atoms with E-state index < -0.39 is 5.97 Å². The molecule has 1 N–H and O–H groups in total. The number of nitrogens with zero attached hydrogens (tertiary/aromatic N) is 3. The van der Waals surface area contributed by atoms with Crippen LogP contribution < -0.4 is 0 Å². The van der Waals surface area contributed by atoms with Gasteiger partial charge in [-0.05, 0) is 32.6 Å². The normalized spacial score (nSPS) is 21.9. The lowest BCUT2D eigenvalue weighted by atomic mass is 9.86. The first kappa shape index (κ1) is 16.5. The van der Waals surface area contributed by atoms with Crippen molar-refractivity contribution >= 4 is 11.9 Å². The molecule has 1 amide bonds. The minimum atomic E-state index is -0.761. The summed E-state index contributed by atoms with van der Waals surface area (Å²) in [5.41, 5.74) is 2.33. The van der Waals surface area contributed by atoms with Crippen LogP contribution in [0, 0.1) is 25.7 Å². The molecule has 2 atom stereocenters. The largest absolute Gasteiger partial charge is 0.481 e. The van der Waals surface area contributed by atoms with E-state index >= 15 is 0 Å². The summed E-state index contributed by atoms with van der Waals surface area (Å²) in [5.74, 6) is -1.16. The quantitative estimate of drug-likeness (QED) is 0.924. The second-order valence-electron chi connectivity index (χ2n) is 6.23. The zero-order chi connectivity index (χ0) is 16.4. The number of aliphatic carboxylic acids is 1. The third kappa shape index (κ3) is 3.00. The van der Waals surface area contributed by atoms with E-state index in [2.05, 4.69) is 12.0 Å². The monoisotopic (exact) mass is 307 g/mol. The fourth-order valence-electron chi connectivity index (χ4n) is 3.29. The Kier molecular flexibility index (Phi) is 4.88. The van der Waals surface area contributed by atoms with Crippen LogP contribution in [0.2, 0.25) is 0 Å². The van der Waals surface area contributed by atoms with E-state index in [4.69, 9.17) is 0 Å². The van der Waals surface area contributed by atoms with E-state index in [1.54, 1.807) is 4.90 Å². The van der Waals surface area contributed by atoms with Gasteiger partial charge in [-0.2, -0.15) is 5.10 Å². The van der Waals surface area contributed by atoms with E-state index in [-0.39, 0.29) is 17.7 Å². The maximum atomic E-state index is 12.8. The van der Waals surface area contributed by atoms with Gasteiger partial charge in [-0.25, -0.2) is 0 Å². The molecule has 0 bridgehead atoms. The Morgan fingerprint density at radius 3 is 2.59 bits per heavy atom. The summed E-state index contributed by atoms with van der Waals surface area (Å²) < 4.78 is 1.88. The topological polar surface area (TPSA) is 75.4 Å². The number of rotatable bonds is 4. The first-order valence-electron chi connectivity index (χ1n) is 7.92. The number of hydrogen-bond acceptors (Lipinski definition) is 3. The first-order valence-corrected chi connectivity index (χ1v) is 7.92. The summed E-state index contributed by atoms with van der Waals surface area (Å²) in [7, 11) is 0. The number of aromatic nitrogens is 2. The van der Waals surface area contributed by atoms with Crippen LogP contribution in [0.4, 0.5) is 0 Å². The fourth-order valence-corrected chi connectivity index (χ4v) is 3.29. The number of carbonyl (C=O) groups excluding carboxylic acids is 1. The van der Waals surface area contributed by atoms with E-state index in [1.807, 2.05) is 25.5 Å². The molecule has 0 radical (unpaired) electrons. The van der Waals surface area contributed by atoms with Crippen molar-refractivity contribution in [2.45, 2.75) is 47.1 Å². The molecule has 0 saturated carbocycles.